The number of nitrogens with two attached hydrogens (primary N) is 1. The zero-order chi connectivity index (χ0) is 24.2. The summed E-state index contributed by atoms with van der Waals surface area (Å²) in [6.07, 6.45) is 6.16. The largest absolute Gasteiger partial charge is 0.493 e. The molecule has 0 spiro atoms. The maximum atomic E-state index is 12.5. The minimum absolute atomic E-state index is 0.0359. The number of methoxy groups -OCH3 is 1. The van der Waals surface area contributed by atoms with Crippen molar-refractivity contribution in [1.82, 2.24) is 5.32 Å². The molecular weight excluding hydrogens is 436 g/mol. The van der Waals surface area contributed by atoms with E-state index in [9.17, 15) is 9.59 Å². The molecule has 178 valence electrons. The lowest BCUT2D eigenvalue weighted by molar-refractivity contribution is -0.121. The first-order chi connectivity index (χ1) is 15.8. The SMILES string of the molecule is COc1cc(CNC(=O)CCCCCCC(C)C)ccc1OC(=O)c1ccc(C(N)=S)cc1. The predicted molar refractivity (Wildman–Crippen MR) is 135 cm³/mol. The number of nitrogens with one attached hydrogen (secondary N) is 1. The smallest absolute Gasteiger partial charge is 0.343 e. The molecule has 0 aliphatic rings. The van der Waals surface area contributed by atoms with Gasteiger partial charge in [0.1, 0.15) is 4.99 Å². The Balaban J connectivity index is 1.84. The fourth-order valence-electron chi connectivity index (χ4n) is 3.32. The van der Waals surface area contributed by atoms with E-state index in [-0.39, 0.29) is 10.9 Å². The minimum atomic E-state index is -0.516. The summed E-state index contributed by atoms with van der Waals surface area (Å²) in [5.74, 6) is 0.978. The molecule has 0 saturated carbocycles. The zero-order valence-corrected chi connectivity index (χ0v) is 20.5. The molecule has 2 rings (SSSR count). The molecule has 3 N–H and O–H groups in total. The number of unbranched alkanes of at least 4 members (excludes halogenated alkanes) is 3. The summed E-state index contributed by atoms with van der Waals surface area (Å²) < 4.78 is 10.9. The molecule has 0 aliphatic heterocycles. The first-order valence-corrected chi connectivity index (χ1v) is 11.8. The molecule has 33 heavy (non-hydrogen) atoms. The maximum Gasteiger partial charge on any atom is 0.343 e. The van der Waals surface area contributed by atoms with Crippen LogP contribution in [-0.2, 0) is 11.3 Å². The van der Waals surface area contributed by atoms with Gasteiger partial charge in [0, 0.05) is 18.5 Å². The first-order valence-electron chi connectivity index (χ1n) is 11.4. The van der Waals surface area contributed by atoms with E-state index in [1.807, 2.05) is 0 Å². The van der Waals surface area contributed by atoms with Gasteiger partial charge in [0.05, 0.1) is 12.7 Å². The van der Waals surface area contributed by atoms with Gasteiger partial charge >= 0.3 is 5.97 Å². The number of benzene rings is 2. The average Bonchev–Trinajstić information content (AvgIpc) is 2.80. The van der Waals surface area contributed by atoms with E-state index in [0.717, 1.165) is 24.3 Å². The Kier molecular flexibility index (Phi) is 10.8. The van der Waals surface area contributed by atoms with Gasteiger partial charge in [-0.25, -0.2) is 4.79 Å². The number of carbonyl (C=O) groups is 2. The van der Waals surface area contributed by atoms with Crippen molar-refractivity contribution in [3.8, 4) is 11.5 Å². The Labute approximate surface area is 201 Å². The van der Waals surface area contributed by atoms with E-state index < -0.39 is 5.97 Å². The fraction of sp³-hybridized carbons (Fsp3) is 0.423. The Morgan fingerprint density at radius 1 is 0.970 bits per heavy atom. The average molecular weight is 471 g/mol. The van der Waals surface area contributed by atoms with Gasteiger partial charge in [0.15, 0.2) is 11.5 Å². The zero-order valence-electron chi connectivity index (χ0n) is 19.7. The van der Waals surface area contributed by atoms with Gasteiger partial charge < -0.3 is 20.5 Å². The fourth-order valence-corrected chi connectivity index (χ4v) is 3.45. The number of rotatable bonds is 13. The molecule has 0 atom stereocenters. The number of ether oxygens (including phenoxy) is 2. The van der Waals surface area contributed by atoms with Crippen LogP contribution in [0, 0.1) is 5.92 Å². The van der Waals surface area contributed by atoms with Crippen molar-refractivity contribution in [2.75, 3.05) is 7.11 Å². The number of carbonyl (C=O) groups excluding carboxylic acids is 2. The maximum absolute atomic E-state index is 12.5. The van der Waals surface area contributed by atoms with Gasteiger partial charge in [-0.05, 0) is 42.2 Å². The highest BCUT2D eigenvalue weighted by Crippen LogP contribution is 2.29. The molecule has 0 unspecified atom stereocenters. The Morgan fingerprint density at radius 3 is 2.27 bits per heavy atom. The highest BCUT2D eigenvalue weighted by atomic mass is 32.1. The van der Waals surface area contributed by atoms with Gasteiger partial charge in [-0.1, -0.05) is 69.9 Å². The quantitative estimate of drug-likeness (QED) is 0.182. The third-order valence-electron chi connectivity index (χ3n) is 5.26. The Bertz CT molecular complexity index is 942. The van der Waals surface area contributed by atoms with Gasteiger partial charge in [0.2, 0.25) is 5.91 Å². The number of hydrogen-bond acceptors (Lipinski definition) is 5. The summed E-state index contributed by atoms with van der Waals surface area (Å²) in [7, 11) is 1.51. The number of amides is 1. The Hall–Kier alpha value is -2.93. The van der Waals surface area contributed by atoms with Crippen LogP contribution in [0.1, 0.15) is 73.9 Å². The third-order valence-corrected chi connectivity index (χ3v) is 5.50. The monoisotopic (exact) mass is 470 g/mol. The predicted octanol–water partition coefficient (Wildman–Crippen LogP) is 5.16. The van der Waals surface area contributed by atoms with Crippen molar-refractivity contribution in [3.63, 3.8) is 0 Å². The highest BCUT2D eigenvalue weighted by Gasteiger charge is 2.14. The van der Waals surface area contributed by atoms with Crippen LogP contribution in [0.15, 0.2) is 42.5 Å². The first kappa shape index (κ1) is 26.3. The van der Waals surface area contributed by atoms with Gasteiger partial charge in [-0.15, -0.1) is 0 Å². The van der Waals surface area contributed by atoms with Gasteiger partial charge in [-0.2, -0.15) is 0 Å². The molecule has 0 heterocycles. The number of hydrogen-bond donors (Lipinski definition) is 2. The highest BCUT2D eigenvalue weighted by molar-refractivity contribution is 7.80. The van der Waals surface area contributed by atoms with Crippen LogP contribution < -0.4 is 20.5 Å². The van der Waals surface area contributed by atoms with Crippen LogP contribution in [0.4, 0.5) is 0 Å². The van der Waals surface area contributed by atoms with Crippen LogP contribution in [-0.4, -0.2) is 24.0 Å². The van der Waals surface area contributed by atoms with E-state index in [4.69, 9.17) is 27.4 Å². The number of esters is 1. The third kappa shape index (κ3) is 9.22. The molecule has 0 bridgehead atoms. The molecule has 0 radical (unpaired) electrons. The normalized spacial score (nSPS) is 10.7. The van der Waals surface area contributed by atoms with E-state index in [2.05, 4.69) is 19.2 Å². The second-order valence-electron chi connectivity index (χ2n) is 8.44. The van der Waals surface area contributed by atoms with Crippen molar-refractivity contribution in [1.29, 1.82) is 0 Å². The van der Waals surface area contributed by atoms with Crippen LogP contribution in [0.5, 0.6) is 11.5 Å². The molecule has 2 aromatic carbocycles. The number of thiocarbonyl (C=S) groups is 1. The van der Waals surface area contributed by atoms with E-state index in [0.29, 0.717) is 35.6 Å². The van der Waals surface area contributed by atoms with Crippen molar-refractivity contribution in [2.24, 2.45) is 11.7 Å². The second kappa shape index (κ2) is 13.6. The van der Waals surface area contributed by atoms with E-state index >= 15 is 0 Å². The van der Waals surface area contributed by atoms with Crippen molar-refractivity contribution in [3.05, 3.63) is 59.2 Å². The van der Waals surface area contributed by atoms with E-state index in [1.165, 1.54) is 26.4 Å². The molecule has 1 amide bonds. The van der Waals surface area contributed by atoms with Crippen molar-refractivity contribution < 1.29 is 19.1 Å². The Morgan fingerprint density at radius 2 is 1.64 bits per heavy atom. The molecule has 7 heteroatoms. The molecule has 0 aliphatic carbocycles. The van der Waals surface area contributed by atoms with Crippen molar-refractivity contribution in [2.45, 2.75) is 58.9 Å². The van der Waals surface area contributed by atoms with E-state index in [1.54, 1.807) is 42.5 Å². The van der Waals surface area contributed by atoms with Gasteiger partial charge in [-0.3, -0.25) is 4.79 Å². The summed E-state index contributed by atoms with van der Waals surface area (Å²) in [6, 6.07) is 11.8. The molecule has 0 saturated heterocycles. The molecule has 0 fully saturated rings. The van der Waals surface area contributed by atoms with Crippen LogP contribution in [0.2, 0.25) is 0 Å². The lowest BCUT2D eigenvalue weighted by Crippen LogP contribution is -2.22. The molecule has 6 nitrogen and oxygen atoms in total. The van der Waals surface area contributed by atoms with Crippen LogP contribution in [0.25, 0.3) is 0 Å². The minimum Gasteiger partial charge on any atom is -0.493 e. The summed E-state index contributed by atoms with van der Waals surface area (Å²) >= 11 is 4.92. The summed E-state index contributed by atoms with van der Waals surface area (Å²) in [5.41, 5.74) is 7.49. The summed E-state index contributed by atoms with van der Waals surface area (Å²) in [4.78, 5) is 24.8. The van der Waals surface area contributed by atoms with Gasteiger partial charge in [0.25, 0.3) is 0 Å². The molecular formula is C26H34N2O4S. The summed E-state index contributed by atoms with van der Waals surface area (Å²) in [6.45, 7) is 4.85. The lowest BCUT2D eigenvalue weighted by Gasteiger charge is -2.12. The second-order valence-corrected chi connectivity index (χ2v) is 8.88. The van der Waals surface area contributed by atoms with Crippen molar-refractivity contribution >= 4 is 29.1 Å². The molecule has 2 aromatic rings. The lowest BCUT2D eigenvalue weighted by atomic mass is 10.0. The summed E-state index contributed by atoms with van der Waals surface area (Å²) in [5, 5.41) is 2.94. The molecule has 0 aromatic heterocycles. The van der Waals surface area contributed by atoms with Crippen LogP contribution >= 0.6 is 12.2 Å². The standard InChI is InChI=1S/C26H34N2O4S/c1-18(2)8-6-4-5-7-9-24(29)28-17-19-10-15-22(23(16-19)31-3)32-26(30)21-13-11-20(12-14-21)25(27)33/h10-16,18H,4-9,17H2,1-3H3,(H2,27,33)(H,28,29). The van der Waals surface area contributed by atoms with Crippen LogP contribution in [0.3, 0.4) is 0 Å². The topological polar surface area (TPSA) is 90.6 Å².